The van der Waals surface area contributed by atoms with Crippen molar-refractivity contribution in [3.05, 3.63) is 58.3 Å². The van der Waals surface area contributed by atoms with Crippen LogP contribution in [-0.2, 0) is 9.53 Å². The average Bonchev–Trinajstić information content (AvgIpc) is 2.66. The van der Waals surface area contributed by atoms with Gasteiger partial charge in [0.1, 0.15) is 6.61 Å². The van der Waals surface area contributed by atoms with Crippen LogP contribution in [0.2, 0.25) is 0 Å². The highest BCUT2D eigenvalue weighted by Gasteiger charge is 2.35. The van der Waals surface area contributed by atoms with Crippen LogP contribution in [-0.4, -0.2) is 30.5 Å². The van der Waals surface area contributed by atoms with Gasteiger partial charge in [0.15, 0.2) is 11.5 Å². The Morgan fingerprint density at radius 1 is 1.52 bits per heavy atom. The SMILES string of the molecule is C=CCOC(=O)C1=C(C)NC(SCC)=C(C#N)[C@@H]1c1ccc(O)c(OC)c1. The second-order valence-electron chi connectivity index (χ2n) is 5.70. The number of nitriles is 1. The number of allylic oxidation sites excluding steroid dienone is 2. The summed E-state index contributed by atoms with van der Waals surface area (Å²) in [5, 5.41) is 23.6. The number of thioether (sulfide) groups is 1. The summed E-state index contributed by atoms with van der Waals surface area (Å²) in [4.78, 5) is 12.7. The van der Waals surface area contributed by atoms with E-state index in [0.717, 1.165) is 5.75 Å². The Labute approximate surface area is 163 Å². The number of benzene rings is 1. The molecule has 2 rings (SSSR count). The minimum atomic E-state index is -0.628. The Balaban J connectivity index is 2.64. The van der Waals surface area contributed by atoms with Crippen molar-refractivity contribution in [2.75, 3.05) is 19.5 Å². The highest BCUT2D eigenvalue weighted by Crippen LogP contribution is 2.42. The minimum Gasteiger partial charge on any atom is -0.504 e. The Hall–Kier alpha value is -2.85. The summed E-state index contributed by atoms with van der Waals surface area (Å²) in [6.07, 6.45) is 1.49. The summed E-state index contributed by atoms with van der Waals surface area (Å²) in [6.45, 7) is 7.39. The van der Waals surface area contributed by atoms with E-state index in [1.54, 1.807) is 19.1 Å². The third-order valence-electron chi connectivity index (χ3n) is 4.03. The van der Waals surface area contributed by atoms with Crippen LogP contribution in [0.3, 0.4) is 0 Å². The molecule has 6 nitrogen and oxygen atoms in total. The van der Waals surface area contributed by atoms with Gasteiger partial charge in [-0.15, -0.1) is 11.8 Å². The fourth-order valence-electron chi connectivity index (χ4n) is 2.86. The Kier molecular flexibility index (Phi) is 6.97. The predicted octanol–water partition coefficient (Wildman–Crippen LogP) is 3.58. The topological polar surface area (TPSA) is 91.6 Å². The molecular weight excluding hydrogens is 364 g/mol. The van der Waals surface area contributed by atoms with E-state index >= 15 is 0 Å². The molecule has 0 amide bonds. The molecule has 27 heavy (non-hydrogen) atoms. The number of hydrogen-bond acceptors (Lipinski definition) is 7. The molecule has 0 aromatic heterocycles. The number of carbonyl (C=O) groups is 1. The van der Waals surface area contributed by atoms with Gasteiger partial charge in [-0.1, -0.05) is 25.6 Å². The summed E-state index contributed by atoms with van der Waals surface area (Å²) in [7, 11) is 1.45. The molecule has 1 aromatic carbocycles. The number of dihydropyridines is 1. The van der Waals surface area contributed by atoms with Crippen LogP contribution < -0.4 is 10.1 Å². The van der Waals surface area contributed by atoms with Crippen molar-refractivity contribution in [1.82, 2.24) is 5.32 Å². The normalized spacial score (nSPS) is 16.4. The molecule has 1 heterocycles. The van der Waals surface area contributed by atoms with Crippen LogP contribution in [0.15, 0.2) is 52.7 Å². The fourth-order valence-corrected chi connectivity index (χ4v) is 3.69. The summed E-state index contributed by atoms with van der Waals surface area (Å²) in [5.41, 5.74) is 2.05. The maximum atomic E-state index is 12.7. The highest BCUT2D eigenvalue weighted by molar-refractivity contribution is 8.03. The number of phenols is 1. The third-order valence-corrected chi connectivity index (χ3v) is 4.92. The largest absolute Gasteiger partial charge is 0.504 e. The second kappa shape index (κ2) is 9.19. The number of esters is 1. The Morgan fingerprint density at radius 2 is 2.26 bits per heavy atom. The van der Waals surface area contributed by atoms with Crippen LogP contribution in [0.4, 0.5) is 0 Å². The van der Waals surface area contributed by atoms with E-state index < -0.39 is 11.9 Å². The van der Waals surface area contributed by atoms with Gasteiger partial charge < -0.3 is 19.9 Å². The average molecular weight is 386 g/mol. The lowest BCUT2D eigenvalue weighted by Gasteiger charge is -2.29. The smallest absolute Gasteiger partial charge is 0.337 e. The van der Waals surface area contributed by atoms with E-state index in [-0.39, 0.29) is 18.1 Å². The molecule has 0 saturated carbocycles. The van der Waals surface area contributed by atoms with E-state index in [1.165, 1.54) is 31.0 Å². The Morgan fingerprint density at radius 3 is 2.85 bits per heavy atom. The first kappa shape index (κ1) is 20.5. The van der Waals surface area contributed by atoms with Crippen molar-refractivity contribution < 1.29 is 19.4 Å². The maximum absolute atomic E-state index is 12.7. The van der Waals surface area contributed by atoms with Crippen LogP contribution in [0, 0.1) is 11.3 Å². The molecule has 142 valence electrons. The van der Waals surface area contributed by atoms with Gasteiger partial charge in [0, 0.05) is 5.70 Å². The first-order valence-corrected chi connectivity index (χ1v) is 9.36. The fraction of sp³-hybridized carbons (Fsp3) is 0.300. The van der Waals surface area contributed by atoms with Crippen LogP contribution in [0.25, 0.3) is 0 Å². The third kappa shape index (κ3) is 4.29. The molecule has 1 aromatic rings. The van der Waals surface area contributed by atoms with Gasteiger partial charge in [-0.05, 0) is 30.4 Å². The van der Waals surface area contributed by atoms with Crippen molar-refractivity contribution in [2.24, 2.45) is 0 Å². The molecule has 0 saturated heterocycles. The van der Waals surface area contributed by atoms with Gasteiger partial charge in [0.2, 0.25) is 0 Å². The van der Waals surface area contributed by atoms with Crippen molar-refractivity contribution in [3.8, 4) is 17.6 Å². The van der Waals surface area contributed by atoms with Crippen LogP contribution >= 0.6 is 11.8 Å². The monoisotopic (exact) mass is 386 g/mol. The molecule has 2 N–H and O–H groups in total. The van der Waals surface area contributed by atoms with E-state index in [0.29, 0.717) is 27.4 Å². The lowest BCUT2D eigenvalue weighted by atomic mass is 9.82. The minimum absolute atomic E-state index is 0.0164. The predicted molar refractivity (Wildman–Crippen MR) is 105 cm³/mol. The quantitative estimate of drug-likeness (QED) is 0.547. The molecule has 1 atom stereocenters. The van der Waals surface area contributed by atoms with Gasteiger partial charge in [0.05, 0.1) is 35.3 Å². The van der Waals surface area contributed by atoms with E-state index in [9.17, 15) is 15.2 Å². The lowest BCUT2D eigenvalue weighted by Crippen LogP contribution is -2.29. The zero-order chi connectivity index (χ0) is 20.0. The van der Waals surface area contributed by atoms with Gasteiger partial charge in [-0.2, -0.15) is 5.26 Å². The van der Waals surface area contributed by atoms with Crippen molar-refractivity contribution in [3.63, 3.8) is 0 Å². The zero-order valence-corrected chi connectivity index (χ0v) is 16.4. The number of rotatable bonds is 7. The molecule has 1 aliphatic rings. The number of nitrogens with zero attached hydrogens (tertiary/aromatic N) is 1. The van der Waals surface area contributed by atoms with Gasteiger partial charge in [-0.3, -0.25) is 0 Å². The summed E-state index contributed by atoms with van der Waals surface area (Å²) in [6, 6.07) is 7.02. The van der Waals surface area contributed by atoms with Crippen LogP contribution in [0.1, 0.15) is 25.3 Å². The number of nitrogens with one attached hydrogen (secondary N) is 1. The molecule has 0 radical (unpaired) electrons. The molecular formula is C20H22N2O4S. The highest BCUT2D eigenvalue weighted by atomic mass is 32.2. The van der Waals surface area contributed by atoms with Gasteiger partial charge in [-0.25, -0.2) is 4.79 Å². The zero-order valence-electron chi connectivity index (χ0n) is 15.5. The van der Waals surface area contributed by atoms with Crippen molar-refractivity contribution in [1.29, 1.82) is 5.26 Å². The number of carbonyl (C=O) groups excluding carboxylic acids is 1. The van der Waals surface area contributed by atoms with Gasteiger partial charge in [0.25, 0.3) is 0 Å². The number of ether oxygens (including phenoxy) is 2. The van der Waals surface area contributed by atoms with Crippen molar-refractivity contribution in [2.45, 2.75) is 19.8 Å². The van der Waals surface area contributed by atoms with E-state index in [1.807, 2.05) is 6.92 Å². The van der Waals surface area contributed by atoms with Crippen LogP contribution in [0.5, 0.6) is 11.5 Å². The molecule has 0 spiro atoms. The number of aromatic hydroxyl groups is 1. The maximum Gasteiger partial charge on any atom is 0.337 e. The first-order chi connectivity index (χ1) is 13.0. The molecule has 1 aliphatic heterocycles. The summed E-state index contributed by atoms with van der Waals surface area (Å²) < 4.78 is 10.4. The van der Waals surface area contributed by atoms with Gasteiger partial charge >= 0.3 is 5.97 Å². The lowest BCUT2D eigenvalue weighted by molar-refractivity contribution is -0.138. The second-order valence-corrected chi connectivity index (χ2v) is 6.98. The van der Waals surface area contributed by atoms with E-state index in [2.05, 4.69) is 18.0 Å². The summed E-state index contributed by atoms with van der Waals surface area (Å²) in [5.74, 6) is -0.132. The first-order valence-electron chi connectivity index (χ1n) is 8.38. The Bertz CT molecular complexity index is 852. The molecule has 0 aliphatic carbocycles. The van der Waals surface area contributed by atoms with Crippen molar-refractivity contribution >= 4 is 17.7 Å². The molecule has 7 heteroatoms. The molecule has 0 unspecified atom stereocenters. The molecule has 0 fully saturated rings. The summed E-state index contributed by atoms with van der Waals surface area (Å²) >= 11 is 1.49. The van der Waals surface area contributed by atoms with E-state index in [4.69, 9.17) is 9.47 Å². The number of methoxy groups -OCH3 is 1. The number of hydrogen-bond donors (Lipinski definition) is 2. The molecule has 0 bridgehead atoms. The standard InChI is InChI=1S/C20H22N2O4S/c1-5-9-26-20(24)17-12(3)22-19(27-6-2)14(11-21)18(17)13-7-8-15(23)16(10-13)25-4/h5,7-8,10,18,22-23H,1,6,9H2,2-4H3/t18-/m0/s1. The number of phenolic OH excluding ortho intramolecular Hbond substituents is 1.